The first-order valence-electron chi connectivity index (χ1n) is 6.40. The molecule has 2 aromatic rings. The maximum atomic E-state index is 4.19. The third kappa shape index (κ3) is 3.18. The summed E-state index contributed by atoms with van der Waals surface area (Å²) in [4.78, 5) is 7.03. The zero-order chi connectivity index (χ0) is 13.0. The molecule has 1 atom stereocenters. The van der Waals surface area contributed by atoms with Crippen LogP contribution in [0.5, 0.6) is 0 Å². The molecule has 1 N–H and O–H groups in total. The van der Waals surface area contributed by atoms with E-state index < -0.39 is 0 Å². The van der Waals surface area contributed by atoms with E-state index in [1.807, 2.05) is 29.8 Å². The molecular weight excluding hydrogens is 240 g/mol. The molecule has 2 rings (SSSR count). The number of thiophene rings is 1. The van der Waals surface area contributed by atoms with Crippen molar-refractivity contribution in [2.45, 2.75) is 33.2 Å². The van der Waals surface area contributed by atoms with Crippen LogP contribution >= 0.6 is 11.3 Å². The molecule has 0 saturated heterocycles. The Hall–Kier alpha value is -1.19. The van der Waals surface area contributed by atoms with E-state index in [0.717, 1.165) is 13.0 Å². The summed E-state index contributed by atoms with van der Waals surface area (Å²) in [6.07, 6.45) is 4.78. The maximum absolute atomic E-state index is 4.19. The lowest BCUT2D eigenvalue weighted by Gasteiger charge is -2.16. The van der Waals surface area contributed by atoms with E-state index in [-0.39, 0.29) is 0 Å². The van der Waals surface area contributed by atoms with Crippen LogP contribution in [0.3, 0.4) is 0 Å². The van der Waals surface area contributed by atoms with Gasteiger partial charge in [-0.3, -0.25) is 4.98 Å². The highest BCUT2D eigenvalue weighted by molar-refractivity contribution is 7.12. The SMILES string of the molecule is CCNC(Cc1cccnc1)c1cc(C)c(C)s1. The lowest BCUT2D eigenvalue weighted by Crippen LogP contribution is -2.22. The van der Waals surface area contributed by atoms with Gasteiger partial charge in [-0.15, -0.1) is 11.3 Å². The molecule has 1 unspecified atom stereocenters. The molecule has 0 spiro atoms. The predicted octanol–water partition coefficient (Wildman–Crippen LogP) is 3.65. The minimum atomic E-state index is 0.400. The van der Waals surface area contributed by atoms with Crippen molar-refractivity contribution in [2.24, 2.45) is 0 Å². The molecule has 0 amide bonds. The molecule has 2 heterocycles. The highest BCUT2D eigenvalue weighted by Gasteiger charge is 2.14. The first-order valence-corrected chi connectivity index (χ1v) is 7.21. The Morgan fingerprint density at radius 2 is 2.22 bits per heavy atom. The number of hydrogen-bond donors (Lipinski definition) is 1. The summed E-state index contributed by atoms with van der Waals surface area (Å²) in [5.74, 6) is 0. The molecule has 96 valence electrons. The standard InChI is InChI=1S/C15H20N2S/c1-4-17-14(9-13-6-5-7-16-10-13)15-8-11(2)12(3)18-15/h5-8,10,14,17H,4,9H2,1-3H3. The lowest BCUT2D eigenvalue weighted by molar-refractivity contribution is 0.557. The highest BCUT2D eigenvalue weighted by atomic mass is 32.1. The first-order chi connectivity index (χ1) is 8.70. The fourth-order valence-electron chi connectivity index (χ4n) is 2.05. The molecule has 3 heteroatoms. The van der Waals surface area contributed by atoms with E-state index in [0.29, 0.717) is 6.04 Å². The number of aryl methyl sites for hydroxylation is 2. The molecule has 0 bridgehead atoms. The Morgan fingerprint density at radius 3 is 2.78 bits per heavy atom. The van der Waals surface area contributed by atoms with Gasteiger partial charge < -0.3 is 5.32 Å². The average molecular weight is 260 g/mol. The Morgan fingerprint density at radius 1 is 1.39 bits per heavy atom. The van der Waals surface area contributed by atoms with Gasteiger partial charge >= 0.3 is 0 Å². The van der Waals surface area contributed by atoms with E-state index in [2.05, 4.69) is 43.2 Å². The Labute approximate surface area is 113 Å². The van der Waals surface area contributed by atoms with Crippen molar-refractivity contribution in [3.05, 3.63) is 51.5 Å². The predicted molar refractivity (Wildman–Crippen MR) is 78.2 cm³/mol. The normalized spacial score (nSPS) is 12.6. The molecule has 0 fully saturated rings. The quantitative estimate of drug-likeness (QED) is 0.887. The van der Waals surface area contributed by atoms with Crippen LogP contribution in [0.1, 0.15) is 33.8 Å². The van der Waals surface area contributed by atoms with Gasteiger partial charge in [0.05, 0.1) is 0 Å². The summed E-state index contributed by atoms with van der Waals surface area (Å²) in [6.45, 7) is 7.52. The summed E-state index contributed by atoms with van der Waals surface area (Å²) >= 11 is 1.90. The van der Waals surface area contributed by atoms with Gasteiger partial charge in [0.15, 0.2) is 0 Å². The molecule has 0 radical (unpaired) electrons. The molecule has 2 nitrogen and oxygen atoms in total. The van der Waals surface area contributed by atoms with Crippen LogP contribution in [0.2, 0.25) is 0 Å². The highest BCUT2D eigenvalue weighted by Crippen LogP contribution is 2.28. The second kappa shape index (κ2) is 6.12. The van der Waals surface area contributed by atoms with Crippen LogP contribution in [0.15, 0.2) is 30.6 Å². The van der Waals surface area contributed by atoms with Crippen molar-refractivity contribution in [3.8, 4) is 0 Å². The Kier molecular flexibility index (Phi) is 4.50. The number of pyridine rings is 1. The minimum Gasteiger partial charge on any atom is -0.309 e. The van der Waals surface area contributed by atoms with E-state index in [9.17, 15) is 0 Å². The number of likely N-dealkylation sites (N-methyl/N-ethyl adjacent to an activating group) is 1. The van der Waals surface area contributed by atoms with Crippen LogP contribution in [0.25, 0.3) is 0 Å². The van der Waals surface area contributed by atoms with Crippen molar-refractivity contribution in [3.63, 3.8) is 0 Å². The Bertz CT molecular complexity index is 471. The number of nitrogens with one attached hydrogen (secondary N) is 1. The third-order valence-corrected chi connectivity index (χ3v) is 4.41. The Balaban J connectivity index is 2.18. The monoisotopic (exact) mass is 260 g/mol. The largest absolute Gasteiger partial charge is 0.309 e. The van der Waals surface area contributed by atoms with Crippen molar-refractivity contribution < 1.29 is 0 Å². The number of hydrogen-bond acceptors (Lipinski definition) is 3. The van der Waals surface area contributed by atoms with E-state index in [1.54, 1.807) is 0 Å². The maximum Gasteiger partial charge on any atom is 0.0456 e. The van der Waals surface area contributed by atoms with Crippen molar-refractivity contribution >= 4 is 11.3 Å². The second-order valence-electron chi connectivity index (χ2n) is 4.56. The molecule has 0 aliphatic rings. The van der Waals surface area contributed by atoms with Gasteiger partial charge in [0, 0.05) is 28.2 Å². The van der Waals surface area contributed by atoms with E-state index in [4.69, 9.17) is 0 Å². The van der Waals surface area contributed by atoms with Crippen LogP contribution < -0.4 is 5.32 Å². The summed E-state index contributed by atoms with van der Waals surface area (Å²) in [5, 5.41) is 3.57. The zero-order valence-electron chi connectivity index (χ0n) is 11.2. The molecule has 0 aromatic carbocycles. The topological polar surface area (TPSA) is 24.9 Å². The zero-order valence-corrected chi connectivity index (χ0v) is 12.1. The fourth-order valence-corrected chi connectivity index (χ4v) is 3.17. The summed E-state index contributed by atoms with van der Waals surface area (Å²) in [5.41, 5.74) is 2.68. The first kappa shape index (κ1) is 13.2. The lowest BCUT2D eigenvalue weighted by atomic mass is 10.1. The van der Waals surface area contributed by atoms with Gasteiger partial charge in [0.1, 0.15) is 0 Å². The van der Waals surface area contributed by atoms with Gasteiger partial charge in [0.25, 0.3) is 0 Å². The third-order valence-electron chi connectivity index (χ3n) is 3.14. The van der Waals surface area contributed by atoms with Crippen LogP contribution in [0, 0.1) is 13.8 Å². The molecule has 2 aromatic heterocycles. The molecule has 0 aliphatic heterocycles. The van der Waals surface area contributed by atoms with Gasteiger partial charge in [-0.1, -0.05) is 13.0 Å². The van der Waals surface area contributed by atoms with Crippen molar-refractivity contribution in [1.82, 2.24) is 10.3 Å². The van der Waals surface area contributed by atoms with Crippen molar-refractivity contribution in [1.29, 1.82) is 0 Å². The van der Waals surface area contributed by atoms with Gasteiger partial charge in [-0.05, 0) is 50.1 Å². The smallest absolute Gasteiger partial charge is 0.0456 e. The number of rotatable bonds is 5. The van der Waals surface area contributed by atoms with Gasteiger partial charge in [-0.25, -0.2) is 0 Å². The molecule has 0 aliphatic carbocycles. The van der Waals surface area contributed by atoms with E-state index >= 15 is 0 Å². The summed E-state index contributed by atoms with van der Waals surface area (Å²) in [6, 6.07) is 6.86. The van der Waals surface area contributed by atoms with Crippen LogP contribution in [-0.2, 0) is 6.42 Å². The molecule has 0 saturated carbocycles. The summed E-state index contributed by atoms with van der Waals surface area (Å²) in [7, 11) is 0. The van der Waals surface area contributed by atoms with Gasteiger partial charge in [0.2, 0.25) is 0 Å². The number of nitrogens with zero attached hydrogens (tertiary/aromatic N) is 1. The summed E-state index contributed by atoms with van der Waals surface area (Å²) < 4.78 is 0. The fraction of sp³-hybridized carbons (Fsp3) is 0.400. The van der Waals surface area contributed by atoms with Crippen molar-refractivity contribution in [2.75, 3.05) is 6.54 Å². The second-order valence-corrected chi connectivity index (χ2v) is 5.85. The van der Waals surface area contributed by atoms with Crippen LogP contribution in [0.4, 0.5) is 0 Å². The minimum absolute atomic E-state index is 0.400. The number of aromatic nitrogens is 1. The molecular formula is C15H20N2S. The van der Waals surface area contributed by atoms with Gasteiger partial charge in [-0.2, -0.15) is 0 Å². The molecule has 18 heavy (non-hydrogen) atoms. The van der Waals surface area contributed by atoms with E-state index in [1.165, 1.54) is 20.9 Å². The van der Waals surface area contributed by atoms with Crippen LogP contribution in [-0.4, -0.2) is 11.5 Å². The average Bonchev–Trinajstić information content (AvgIpc) is 2.70.